The molecule has 2 rings (SSSR count). The van der Waals surface area contributed by atoms with Crippen LogP contribution in [0.4, 0.5) is 0 Å². The van der Waals surface area contributed by atoms with Gasteiger partial charge in [0.15, 0.2) is 0 Å². The molecular formula is C12H15NO4. The van der Waals surface area contributed by atoms with E-state index in [9.17, 15) is 20.1 Å². The molecule has 2 atom stereocenters. The number of benzene rings is 1. The number of carboxylic acids is 1. The van der Waals surface area contributed by atoms with Crippen molar-refractivity contribution in [2.24, 2.45) is 0 Å². The van der Waals surface area contributed by atoms with Gasteiger partial charge in [-0.3, -0.25) is 9.69 Å². The summed E-state index contributed by atoms with van der Waals surface area (Å²) in [6, 6.07) is 3.69. The van der Waals surface area contributed by atoms with Gasteiger partial charge >= 0.3 is 5.97 Å². The Hall–Kier alpha value is -1.59. The molecule has 0 amide bonds. The first-order chi connectivity index (χ1) is 8.04. The molecular weight excluding hydrogens is 222 g/mol. The first kappa shape index (κ1) is 11.9. The van der Waals surface area contributed by atoms with Gasteiger partial charge in [0.1, 0.15) is 11.8 Å². The quantitative estimate of drug-likeness (QED) is 0.711. The minimum absolute atomic E-state index is 0.0388. The Morgan fingerprint density at radius 3 is 2.76 bits per heavy atom. The molecule has 1 aliphatic heterocycles. The maximum absolute atomic E-state index is 11.3. The minimum atomic E-state index is -0.939. The van der Waals surface area contributed by atoms with Crippen LogP contribution in [-0.2, 0) is 4.79 Å². The van der Waals surface area contributed by atoms with Gasteiger partial charge in [0.2, 0.25) is 0 Å². The number of carbonyl (C=O) groups is 1. The second-order valence-corrected chi connectivity index (χ2v) is 4.16. The van der Waals surface area contributed by atoms with E-state index in [1.54, 1.807) is 11.0 Å². The van der Waals surface area contributed by atoms with E-state index in [2.05, 4.69) is 0 Å². The number of aliphatic hydroxyl groups is 1. The van der Waals surface area contributed by atoms with Crippen molar-refractivity contribution >= 4 is 5.97 Å². The zero-order valence-corrected chi connectivity index (χ0v) is 9.50. The number of aromatic hydroxyl groups is 1. The average Bonchev–Trinajstić information content (AvgIpc) is 2.28. The Morgan fingerprint density at radius 2 is 2.18 bits per heavy atom. The lowest BCUT2D eigenvalue weighted by Crippen LogP contribution is -2.41. The van der Waals surface area contributed by atoms with Crippen molar-refractivity contribution in [1.82, 2.24) is 4.90 Å². The van der Waals surface area contributed by atoms with Crippen molar-refractivity contribution < 1.29 is 20.1 Å². The van der Waals surface area contributed by atoms with Crippen LogP contribution in [0.1, 0.15) is 30.2 Å². The van der Waals surface area contributed by atoms with Crippen LogP contribution in [0, 0.1) is 0 Å². The number of carboxylic acid groups (broad SMARTS) is 1. The zero-order valence-electron chi connectivity index (χ0n) is 9.50. The van der Waals surface area contributed by atoms with Crippen LogP contribution in [0.25, 0.3) is 0 Å². The summed E-state index contributed by atoms with van der Waals surface area (Å²) in [7, 11) is 0. The van der Waals surface area contributed by atoms with Crippen LogP contribution in [0.3, 0.4) is 0 Å². The van der Waals surface area contributed by atoms with Crippen molar-refractivity contribution in [1.29, 1.82) is 0 Å². The van der Waals surface area contributed by atoms with Crippen molar-refractivity contribution in [2.75, 3.05) is 13.1 Å². The molecule has 3 N–H and O–H groups in total. The fourth-order valence-corrected chi connectivity index (χ4v) is 2.32. The first-order valence-electron chi connectivity index (χ1n) is 5.52. The van der Waals surface area contributed by atoms with Gasteiger partial charge in [0.05, 0.1) is 6.10 Å². The molecule has 1 heterocycles. The van der Waals surface area contributed by atoms with Crippen molar-refractivity contribution in [3.8, 4) is 5.75 Å². The summed E-state index contributed by atoms with van der Waals surface area (Å²) in [5, 5.41) is 28.6. The lowest BCUT2D eigenvalue weighted by atomic mass is 9.90. The smallest absolute Gasteiger partial charge is 0.325 e. The molecule has 0 aliphatic carbocycles. The van der Waals surface area contributed by atoms with E-state index in [1.807, 2.05) is 6.92 Å². The maximum atomic E-state index is 11.3. The number of hydrogen-bond donors (Lipinski definition) is 3. The molecule has 0 fully saturated rings. The van der Waals surface area contributed by atoms with E-state index in [0.717, 1.165) is 0 Å². The summed E-state index contributed by atoms with van der Waals surface area (Å²) < 4.78 is 0. The van der Waals surface area contributed by atoms with Crippen LogP contribution in [0.15, 0.2) is 18.2 Å². The van der Waals surface area contributed by atoms with E-state index < -0.39 is 18.1 Å². The normalized spacial score (nSPS) is 24.4. The molecule has 0 spiro atoms. The van der Waals surface area contributed by atoms with Crippen molar-refractivity contribution in [2.45, 2.75) is 19.1 Å². The third-order valence-electron chi connectivity index (χ3n) is 3.14. The monoisotopic (exact) mass is 237 g/mol. The zero-order chi connectivity index (χ0) is 12.6. The summed E-state index contributed by atoms with van der Waals surface area (Å²) >= 11 is 0. The van der Waals surface area contributed by atoms with Gasteiger partial charge in [-0.05, 0) is 29.8 Å². The van der Waals surface area contributed by atoms with E-state index in [-0.39, 0.29) is 12.3 Å². The number of hydrogen-bond acceptors (Lipinski definition) is 4. The molecule has 1 aliphatic rings. The predicted octanol–water partition coefficient (Wildman–Crippen LogP) is 0.887. The molecule has 0 saturated heterocycles. The number of aliphatic hydroxyl groups excluding tert-OH is 1. The first-order valence-corrected chi connectivity index (χ1v) is 5.52. The fourth-order valence-electron chi connectivity index (χ4n) is 2.32. The second-order valence-electron chi connectivity index (χ2n) is 4.16. The number of phenolic OH excluding ortho intramolecular Hbond substituents is 1. The van der Waals surface area contributed by atoms with Gasteiger partial charge in [0, 0.05) is 6.54 Å². The summed E-state index contributed by atoms with van der Waals surface area (Å²) in [5.74, 6) is -0.900. The molecule has 5 nitrogen and oxygen atoms in total. The average molecular weight is 237 g/mol. The van der Waals surface area contributed by atoms with Gasteiger partial charge in [-0.25, -0.2) is 0 Å². The third-order valence-corrected chi connectivity index (χ3v) is 3.14. The van der Waals surface area contributed by atoms with E-state index in [0.29, 0.717) is 17.7 Å². The van der Waals surface area contributed by atoms with Crippen molar-refractivity contribution in [3.63, 3.8) is 0 Å². The Kier molecular flexibility index (Phi) is 3.04. The van der Waals surface area contributed by atoms with Gasteiger partial charge < -0.3 is 15.3 Å². The van der Waals surface area contributed by atoms with E-state index in [4.69, 9.17) is 0 Å². The molecule has 0 aromatic heterocycles. The SMILES string of the molecule is CCN1C[C@H](O)c2cc(O)ccc2[C@@H]1C(=O)O. The molecule has 1 aromatic carbocycles. The summed E-state index contributed by atoms with van der Waals surface area (Å²) in [6.07, 6.45) is -0.757. The largest absolute Gasteiger partial charge is 0.508 e. The lowest BCUT2D eigenvalue weighted by molar-refractivity contribution is -0.144. The molecule has 0 saturated carbocycles. The van der Waals surface area contributed by atoms with E-state index in [1.165, 1.54) is 12.1 Å². The van der Waals surface area contributed by atoms with Crippen LogP contribution in [-0.4, -0.2) is 39.3 Å². The van der Waals surface area contributed by atoms with Gasteiger partial charge in [0.25, 0.3) is 0 Å². The summed E-state index contributed by atoms with van der Waals surface area (Å²) in [4.78, 5) is 13.0. The number of aliphatic carboxylic acids is 1. The number of likely N-dealkylation sites (N-methyl/N-ethyl adjacent to an activating group) is 1. The number of phenols is 1. The number of fused-ring (bicyclic) bond motifs is 1. The number of nitrogens with zero attached hydrogens (tertiary/aromatic N) is 1. The van der Waals surface area contributed by atoms with Crippen LogP contribution in [0.5, 0.6) is 5.75 Å². The topological polar surface area (TPSA) is 81.0 Å². The summed E-state index contributed by atoms with van der Waals surface area (Å²) in [6.45, 7) is 2.67. The highest BCUT2D eigenvalue weighted by atomic mass is 16.4. The lowest BCUT2D eigenvalue weighted by Gasteiger charge is -2.36. The minimum Gasteiger partial charge on any atom is -0.508 e. The highest BCUT2D eigenvalue weighted by Gasteiger charge is 2.35. The molecule has 0 bridgehead atoms. The number of rotatable bonds is 2. The Morgan fingerprint density at radius 1 is 1.47 bits per heavy atom. The molecule has 0 unspecified atom stereocenters. The molecule has 17 heavy (non-hydrogen) atoms. The van der Waals surface area contributed by atoms with E-state index >= 15 is 0 Å². The van der Waals surface area contributed by atoms with Gasteiger partial charge in [-0.15, -0.1) is 0 Å². The highest BCUT2D eigenvalue weighted by molar-refractivity contribution is 5.77. The molecule has 0 radical (unpaired) electrons. The third kappa shape index (κ3) is 1.99. The standard InChI is InChI=1S/C12H15NO4/c1-2-13-6-10(15)9-5-7(14)3-4-8(9)11(13)12(16)17/h3-5,10-11,14-15H,2,6H2,1H3,(H,16,17)/t10-,11+/m0/s1. The molecule has 1 aromatic rings. The van der Waals surface area contributed by atoms with Crippen LogP contribution >= 0.6 is 0 Å². The summed E-state index contributed by atoms with van der Waals surface area (Å²) in [5.41, 5.74) is 1.05. The van der Waals surface area contributed by atoms with Gasteiger partial charge in [-0.1, -0.05) is 13.0 Å². The Labute approximate surface area is 98.9 Å². The molecule has 5 heteroatoms. The number of β-amino-alcohol motifs (C(OH)–C–C–N with tert-alkyl or cyclic N) is 1. The van der Waals surface area contributed by atoms with Crippen LogP contribution < -0.4 is 0 Å². The highest BCUT2D eigenvalue weighted by Crippen LogP contribution is 2.36. The Balaban J connectivity index is 2.52. The van der Waals surface area contributed by atoms with Crippen molar-refractivity contribution in [3.05, 3.63) is 29.3 Å². The second kappa shape index (κ2) is 4.35. The van der Waals surface area contributed by atoms with Crippen LogP contribution in [0.2, 0.25) is 0 Å². The Bertz CT molecular complexity index is 446. The van der Waals surface area contributed by atoms with Gasteiger partial charge in [-0.2, -0.15) is 0 Å². The predicted molar refractivity (Wildman–Crippen MR) is 60.7 cm³/mol. The fraction of sp³-hybridized carbons (Fsp3) is 0.417. The maximum Gasteiger partial charge on any atom is 0.325 e. The molecule has 92 valence electrons.